The minimum absolute atomic E-state index is 0.0197. The van der Waals surface area contributed by atoms with Gasteiger partial charge in [-0.3, -0.25) is 52.8 Å². The Morgan fingerprint density at radius 3 is 0.776 bits per heavy atom. The molecule has 125 heavy (non-hydrogen) atoms. The number of esters is 8. The van der Waals surface area contributed by atoms with Crippen LogP contribution in [0.2, 0.25) is 0 Å². The predicted octanol–water partition coefficient (Wildman–Crippen LogP) is -1.90. The van der Waals surface area contributed by atoms with Crippen LogP contribution in [0, 0.1) is 0 Å². The second kappa shape index (κ2) is 47.6. The van der Waals surface area contributed by atoms with Crippen molar-refractivity contribution in [1.29, 1.82) is 0 Å². The largest absolute Gasteiger partial charge is 0.463 e. The van der Waals surface area contributed by atoms with Gasteiger partial charge in [0.1, 0.15) is 160 Å². The number of nitrogens with zero attached hydrogens (tertiary/aromatic N) is 1. The number of amides is 2. The minimum atomic E-state index is -2.07. The number of methoxy groups -OCH3 is 13. The number of hydrogen-bond donors (Lipinski definition) is 1. The van der Waals surface area contributed by atoms with E-state index >= 15 is 0 Å². The van der Waals surface area contributed by atoms with Crippen LogP contribution in [0.15, 0.2) is 24.3 Å². The lowest BCUT2D eigenvalue weighted by Crippen LogP contribution is -2.70. The van der Waals surface area contributed by atoms with Crippen LogP contribution in [0.5, 0.6) is 0 Å². The predicted molar refractivity (Wildman–Crippen MR) is 405 cm³/mol. The van der Waals surface area contributed by atoms with Gasteiger partial charge in [-0.1, -0.05) is 12.1 Å². The van der Waals surface area contributed by atoms with E-state index in [4.69, 9.17) is 161 Å². The molecule has 0 spiro atoms. The molecule has 46 nitrogen and oxygen atoms in total. The van der Waals surface area contributed by atoms with Crippen LogP contribution < -0.4 is 0 Å². The topological polar surface area (TPSA) is 508 Å². The van der Waals surface area contributed by atoms with Crippen molar-refractivity contribution in [3.05, 3.63) is 35.4 Å². The number of aliphatic hydroxyl groups excluding tert-OH is 1. The molecule has 708 valence electrons. The van der Waals surface area contributed by atoms with Gasteiger partial charge in [0.05, 0.1) is 37.5 Å². The number of ether oxygens (including phenoxy) is 34. The van der Waals surface area contributed by atoms with Crippen LogP contribution in [0.1, 0.15) is 76.1 Å². The molecule has 8 aliphatic rings. The summed E-state index contributed by atoms with van der Waals surface area (Å²) in [6, 6.07) is 5.99. The van der Waals surface area contributed by atoms with Crippen LogP contribution in [0.25, 0.3) is 0 Å². The molecule has 0 bridgehead atoms. The van der Waals surface area contributed by atoms with Gasteiger partial charge < -0.3 is 166 Å². The Labute approximate surface area is 720 Å². The van der Waals surface area contributed by atoms with E-state index in [0.29, 0.717) is 0 Å². The number of rotatable bonds is 41. The molecule has 1 aromatic carbocycles. The lowest BCUT2D eigenvalue weighted by atomic mass is 9.94. The van der Waals surface area contributed by atoms with E-state index in [0.717, 1.165) is 53.4 Å². The highest BCUT2D eigenvalue weighted by atomic mass is 16.8. The third-order valence-electron chi connectivity index (χ3n) is 21.7. The molecule has 35 atom stereocenters. The third kappa shape index (κ3) is 24.4. The van der Waals surface area contributed by atoms with Crippen molar-refractivity contribution >= 4 is 59.6 Å². The Hall–Kier alpha value is -6.96. The molecule has 8 heterocycles. The molecule has 17 unspecified atom stereocenters. The van der Waals surface area contributed by atoms with Crippen molar-refractivity contribution in [2.45, 2.75) is 270 Å². The van der Waals surface area contributed by atoms with E-state index in [1.54, 1.807) is 12.1 Å². The number of benzene rings is 1. The zero-order valence-electron chi connectivity index (χ0n) is 73.3. The summed E-state index contributed by atoms with van der Waals surface area (Å²) >= 11 is 0. The lowest BCUT2D eigenvalue weighted by molar-refractivity contribution is -0.402. The van der Waals surface area contributed by atoms with Gasteiger partial charge in [-0.2, -0.15) is 0 Å². The fourth-order valence-electron chi connectivity index (χ4n) is 16.6. The first-order chi connectivity index (χ1) is 59.7. The molecule has 7 saturated heterocycles. The van der Waals surface area contributed by atoms with Gasteiger partial charge in [0.25, 0.3) is 11.8 Å². The van der Waals surface area contributed by atoms with Crippen LogP contribution >= 0.6 is 0 Å². The summed E-state index contributed by atoms with van der Waals surface area (Å²) in [4.78, 5) is 133. The summed E-state index contributed by atoms with van der Waals surface area (Å²) in [6.07, 6.45) is -51.1. The van der Waals surface area contributed by atoms with Crippen molar-refractivity contribution in [3.8, 4) is 0 Å². The maximum absolute atomic E-state index is 14.6. The van der Waals surface area contributed by atoms with Gasteiger partial charge in [-0.25, -0.2) is 0 Å². The van der Waals surface area contributed by atoms with Crippen LogP contribution in [-0.2, 0) is 199 Å². The smallest absolute Gasteiger partial charge is 0.303 e. The fourth-order valence-corrected chi connectivity index (χ4v) is 16.6. The molecule has 1 N–H and O–H groups in total. The third-order valence-corrected chi connectivity index (χ3v) is 21.7. The first-order valence-electron chi connectivity index (χ1n) is 39.9. The Morgan fingerprint density at radius 1 is 0.272 bits per heavy atom. The second-order valence-corrected chi connectivity index (χ2v) is 29.8. The van der Waals surface area contributed by atoms with E-state index in [-0.39, 0.29) is 37.6 Å². The average Bonchev–Trinajstić information content (AvgIpc) is 1.64. The van der Waals surface area contributed by atoms with Crippen molar-refractivity contribution in [3.63, 3.8) is 0 Å². The molecular formula is C79H117NO45. The molecule has 0 radical (unpaired) electrons. The van der Waals surface area contributed by atoms with E-state index in [1.807, 2.05) is 0 Å². The molecule has 9 rings (SSSR count). The molecule has 1 aromatic rings. The van der Waals surface area contributed by atoms with E-state index < -0.39 is 294 Å². The second-order valence-electron chi connectivity index (χ2n) is 29.8. The van der Waals surface area contributed by atoms with Gasteiger partial charge >= 0.3 is 47.8 Å². The van der Waals surface area contributed by atoms with Crippen LogP contribution in [0.4, 0.5) is 0 Å². The molecular weight excluding hydrogens is 1680 g/mol. The lowest BCUT2D eigenvalue weighted by Gasteiger charge is -2.52. The number of aliphatic hydroxyl groups is 1. The Bertz CT molecular complexity index is 3660. The van der Waals surface area contributed by atoms with Crippen LogP contribution in [-0.4, -0.2) is 423 Å². The molecule has 8 aliphatic heterocycles. The first kappa shape index (κ1) is 102. The van der Waals surface area contributed by atoms with Crippen LogP contribution in [0.3, 0.4) is 0 Å². The highest BCUT2D eigenvalue weighted by molar-refractivity contribution is 6.21. The normalized spacial score (nSPS) is 37.8. The van der Waals surface area contributed by atoms with Gasteiger partial charge in [0, 0.05) is 148 Å². The zero-order chi connectivity index (χ0) is 91.5. The quantitative estimate of drug-likeness (QED) is 0.0425. The summed E-state index contributed by atoms with van der Waals surface area (Å²) in [7, 11) is 17.8. The van der Waals surface area contributed by atoms with Crippen molar-refractivity contribution in [1.82, 2.24) is 4.90 Å². The average molecular weight is 1800 g/mol. The summed E-state index contributed by atoms with van der Waals surface area (Å²) in [6.45, 7) is 4.99. The van der Waals surface area contributed by atoms with Gasteiger partial charge in [-0.15, -0.1) is 0 Å². The summed E-state index contributed by atoms with van der Waals surface area (Å²) in [5.41, 5.74) is 0.0393. The summed E-state index contributed by atoms with van der Waals surface area (Å²) in [5, 5.41) is 11.0. The number of carbonyl (C=O) groups excluding carboxylic acids is 10. The van der Waals surface area contributed by atoms with Gasteiger partial charge in [0.2, 0.25) is 0 Å². The fraction of sp³-hybridized carbons (Fsp3) is 0.797. The molecule has 7 fully saturated rings. The summed E-state index contributed by atoms with van der Waals surface area (Å²) < 4.78 is 211. The number of fused-ring (bicyclic) bond motifs is 1. The molecule has 0 saturated carbocycles. The Kier molecular flexibility index (Phi) is 38.7. The zero-order valence-corrected chi connectivity index (χ0v) is 73.3. The highest BCUT2D eigenvalue weighted by Crippen LogP contribution is 2.44. The minimum Gasteiger partial charge on any atom is -0.463 e. The van der Waals surface area contributed by atoms with Crippen molar-refractivity contribution in [2.75, 3.05) is 139 Å². The van der Waals surface area contributed by atoms with Gasteiger partial charge in [0.15, 0.2) is 74.6 Å². The molecule has 2 amide bonds. The molecule has 0 aromatic heterocycles. The van der Waals surface area contributed by atoms with E-state index in [9.17, 15) is 53.1 Å². The van der Waals surface area contributed by atoms with Crippen molar-refractivity contribution < 1.29 is 214 Å². The van der Waals surface area contributed by atoms with E-state index in [2.05, 4.69) is 0 Å². The monoisotopic (exact) mass is 1800 g/mol. The number of carbonyl (C=O) groups is 10. The Morgan fingerprint density at radius 2 is 0.496 bits per heavy atom. The van der Waals surface area contributed by atoms with Gasteiger partial charge in [-0.05, 0) is 12.1 Å². The first-order valence-corrected chi connectivity index (χ1v) is 39.9. The van der Waals surface area contributed by atoms with Crippen molar-refractivity contribution in [2.24, 2.45) is 0 Å². The number of imide groups is 1. The number of hydrogen-bond acceptors (Lipinski definition) is 45. The van der Waals surface area contributed by atoms with E-state index in [1.165, 1.54) is 111 Å². The Balaban J connectivity index is 1.03. The molecule has 0 aliphatic carbocycles. The standard InChI is InChI=1S/C79H117NO45/c1-33(81)105-30-47-54(57(95-12)64(100-17)73(91)113-47)124-77-68(104-21)61(99-16)53(46(117-77)29-94-11)123-76-67(103-20)60(98-15)52(45(116-76)28-93-10)122-75-66(102-19)59(97-14)51(44(115-75)27-92-9)121-74-65(101-18)58(96-13)50(43(114-74)26-80-71(89)41-24-22-23-25-42(41)72(80)90)120-78-70(112-40(8)88)63(110-38(6)86)56(49(119-78)32-107-35(3)83)125-79-69(111-39(7)87)62(109-37(5)85)55(108-36(4)84)48(118-79)31-106-34(2)82/h22-25,43-70,73-79,91H,26-32H2,1-21H3/t43?,44?,45-,46-,47?,48?,49?,50+,51+,52+,53+,54+,55+,56+,57+,58+,59-,60?,61?,62?,63?,64?,65?,66?,67?,68?,69?,70?,73?,74-,75-,76+,77-,78-,79+/m0/s1. The maximum atomic E-state index is 14.6. The highest BCUT2D eigenvalue weighted by Gasteiger charge is 2.63. The maximum Gasteiger partial charge on any atom is 0.303 e. The molecule has 46 heteroatoms. The SMILES string of the molecule is COCC1O[C@@H](O[C@H]2C(OC)C(OC)[C@@H](O[C@H]3C(OC)C(OC)[C@H](O[C@@H]4C(COC(C)=O)OC(O)C(OC)[C@@H]4OC)O[C@H]3COC)O[C@H]2COC)C(OC)[C@@H](OC)[C@@H]1O[C@@H]1OC(CN2C(=O)c3ccccc3C2=O)[C@@H](O[C@@H]2OC(COC(C)=O)[C@@H](O[C@H]3OC(COC(C)=O)[C@@H](OC(C)=O)C(OC(C)=O)C3OC(C)=O)C(OC(C)=O)C2OC(C)=O)[C@@H](OC)C1OC. The summed E-state index contributed by atoms with van der Waals surface area (Å²) in [5.74, 6) is -9.09.